The minimum atomic E-state index is -0.503. The number of benzene rings is 1. The minimum Gasteiger partial charge on any atom is -0.444 e. The van der Waals surface area contributed by atoms with Crippen molar-refractivity contribution in [3.05, 3.63) is 29.8 Å². The first-order valence-corrected chi connectivity index (χ1v) is 11.1. The molecule has 9 heteroatoms. The van der Waals surface area contributed by atoms with Crippen molar-refractivity contribution in [3.8, 4) is 0 Å². The van der Waals surface area contributed by atoms with E-state index in [1.54, 1.807) is 0 Å². The van der Waals surface area contributed by atoms with Crippen LogP contribution in [0.5, 0.6) is 0 Å². The molecule has 0 aromatic heterocycles. The van der Waals surface area contributed by atoms with Gasteiger partial charge in [0, 0.05) is 38.2 Å². The molecule has 2 rings (SSSR count). The maximum Gasteiger partial charge on any atom is 0.407 e. The Bertz CT molecular complexity index is 759. The van der Waals surface area contributed by atoms with E-state index in [4.69, 9.17) is 14.2 Å². The summed E-state index contributed by atoms with van der Waals surface area (Å²) in [6, 6.07) is 8.21. The maximum atomic E-state index is 11.5. The van der Waals surface area contributed by atoms with Gasteiger partial charge in [0.05, 0.1) is 32.1 Å². The fraction of sp³-hybridized carbons (Fsp3) is 0.609. The highest BCUT2D eigenvalue weighted by Crippen LogP contribution is 2.17. The van der Waals surface area contributed by atoms with Gasteiger partial charge >= 0.3 is 6.09 Å². The zero-order valence-electron chi connectivity index (χ0n) is 19.6. The van der Waals surface area contributed by atoms with E-state index in [0.29, 0.717) is 45.8 Å². The molecule has 0 radical (unpaired) electrons. The quantitative estimate of drug-likeness (QED) is 0.477. The number of hydrogen-bond donors (Lipinski definition) is 2. The number of amides is 2. The van der Waals surface area contributed by atoms with Gasteiger partial charge in [-0.3, -0.25) is 4.79 Å². The van der Waals surface area contributed by atoms with Crippen molar-refractivity contribution < 1.29 is 23.8 Å². The van der Waals surface area contributed by atoms with E-state index in [2.05, 4.69) is 39.8 Å². The van der Waals surface area contributed by atoms with Gasteiger partial charge in [0.2, 0.25) is 5.91 Å². The Morgan fingerprint density at radius 3 is 2.38 bits per heavy atom. The monoisotopic (exact) mass is 448 g/mol. The second-order valence-corrected chi connectivity index (χ2v) is 8.37. The molecule has 1 aliphatic rings. The van der Waals surface area contributed by atoms with E-state index in [-0.39, 0.29) is 5.91 Å². The lowest BCUT2D eigenvalue weighted by molar-refractivity contribution is -0.121. The van der Waals surface area contributed by atoms with Crippen molar-refractivity contribution in [1.82, 2.24) is 10.7 Å². The molecule has 1 heterocycles. The number of nitrogens with one attached hydrogen (secondary N) is 2. The number of rotatable bonds is 12. The number of hydrazone groups is 1. The highest BCUT2D eigenvalue weighted by molar-refractivity contribution is 6.04. The molecule has 1 aromatic rings. The van der Waals surface area contributed by atoms with Crippen LogP contribution in [0.25, 0.3) is 0 Å². The standard InChI is InChI=1S/C23H36N4O5/c1-5-27(19-8-6-18(7-9-19)20-10-11-21(28)26-25-20)13-15-31-17-16-30-14-12-24-22(29)32-23(2,3)4/h6-9H,5,10-17H2,1-4H3,(H,24,29)(H,26,28). The van der Waals surface area contributed by atoms with Gasteiger partial charge in [-0.1, -0.05) is 12.1 Å². The van der Waals surface area contributed by atoms with Gasteiger partial charge in [-0.15, -0.1) is 0 Å². The number of carbonyl (C=O) groups is 2. The summed E-state index contributed by atoms with van der Waals surface area (Å²) in [5, 5.41) is 6.79. The van der Waals surface area contributed by atoms with Crippen molar-refractivity contribution in [2.45, 2.75) is 46.1 Å². The second kappa shape index (κ2) is 13.0. The summed E-state index contributed by atoms with van der Waals surface area (Å²) in [5.41, 5.74) is 5.08. The molecule has 0 saturated heterocycles. The van der Waals surface area contributed by atoms with E-state index in [1.165, 1.54) is 0 Å². The van der Waals surface area contributed by atoms with Crippen LogP contribution in [0.15, 0.2) is 29.4 Å². The number of nitrogens with zero attached hydrogens (tertiary/aromatic N) is 2. The summed E-state index contributed by atoms with van der Waals surface area (Å²) in [6.07, 6.45) is 0.696. The van der Waals surface area contributed by atoms with Crippen molar-refractivity contribution >= 4 is 23.4 Å². The summed E-state index contributed by atoms with van der Waals surface area (Å²) in [4.78, 5) is 25.0. The number of likely N-dealkylation sites (N-methyl/N-ethyl adjacent to an activating group) is 1. The number of carbonyl (C=O) groups excluding carboxylic acids is 2. The normalized spacial score (nSPS) is 13.9. The van der Waals surface area contributed by atoms with Gasteiger partial charge in [-0.2, -0.15) is 5.10 Å². The van der Waals surface area contributed by atoms with E-state index in [0.717, 1.165) is 30.1 Å². The van der Waals surface area contributed by atoms with Crippen LogP contribution in [0.1, 0.15) is 46.1 Å². The Balaban J connectivity index is 1.59. The largest absolute Gasteiger partial charge is 0.444 e. The average Bonchev–Trinajstić information content (AvgIpc) is 2.75. The molecule has 32 heavy (non-hydrogen) atoms. The average molecular weight is 449 g/mol. The zero-order valence-corrected chi connectivity index (χ0v) is 19.6. The first-order valence-electron chi connectivity index (χ1n) is 11.1. The molecule has 178 valence electrons. The number of hydrogen-bond acceptors (Lipinski definition) is 7. The predicted molar refractivity (Wildman–Crippen MR) is 124 cm³/mol. The third-order valence-corrected chi connectivity index (χ3v) is 4.64. The van der Waals surface area contributed by atoms with E-state index in [9.17, 15) is 9.59 Å². The van der Waals surface area contributed by atoms with Gasteiger partial charge in [-0.25, -0.2) is 10.2 Å². The van der Waals surface area contributed by atoms with Crippen LogP contribution in [0, 0.1) is 0 Å². The minimum absolute atomic E-state index is 0.0367. The molecule has 1 aliphatic heterocycles. The van der Waals surface area contributed by atoms with Gasteiger partial charge in [0.1, 0.15) is 5.60 Å². The molecular weight excluding hydrogens is 412 g/mol. The molecule has 0 spiro atoms. The Kier molecular flexibility index (Phi) is 10.4. The van der Waals surface area contributed by atoms with Crippen LogP contribution in [-0.2, 0) is 19.0 Å². The van der Waals surface area contributed by atoms with Gasteiger partial charge in [-0.05, 0) is 45.4 Å². The van der Waals surface area contributed by atoms with E-state index < -0.39 is 11.7 Å². The molecule has 2 N–H and O–H groups in total. The fourth-order valence-electron chi connectivity index (χ4n) is 3.05. The van der Waals surface area contributed by atoms with Crippen LogP contribution in [0.4, 0.5) is 10.5 Å². The summed E-state index contributed by atoms with van der Waals surface area (Å²) in [7, 11) is 0. The van der Waals surface area contributed by atoms with Gasteiger partial charge < -0.3 is 24.4 Å². The van der Waals surface area contributed by atoms with Crippen molar-refractivity contribution in [3.63, 3.8) is 0 Å². The highest BCUT2D eigenvalue weighted by atomic mass is 16.6. The summed E-state index contributed by atoms with van der Waals surface area (Å²) in [6.45, 7) is 11.6. The number of ether oxygens (including phenoxy) is 3. The Labute approximate surface area is 190 Å². The van der Waals surface area contributed by atoms with Crippen LogP contribution in [0.3, 0.4) is 0 Å². The van der Waals surface area contributed by atoms with Crippen LogP contribution < -0.4 is 15.6 Å². The lowest BCUT2D eigenvalue weighted by Crippen LogP contribution is -2.34. The smallest absolute Gasteiger partial charge is 0.407 e. The summed E-state index contributed by atoms with van der Waals surface area (Å²) >= 11 is 0. The van der Waals surface area contributed by atoms with Gasteiger partial charge in [0.25, 0.3) is 0 Å². The Morgan fingerprint density at radius 2 is 1.78 bits per heavy atom. The van der Waals surface area contributed by atoms with Crippen LogP contribution >= 0.6 is 0 Å². The molecule has 2 amide bonds. The number of anilines is 1. The SMILES string of the molecule is CCN(CCOCCOCCNC(=O)OC(C)(C)C)c1ccc(C2=NNC(=O)CC2)cc1. The fourth-order valence-corrected chi connectivity index (χ4v) is 3.05. The molecule has 0 saturated carbocycles. The van der Waals surface area contributed by atoms with Gasteiger partial charge in [0.15, 0.2) is 0 Å². The molecule has 9 nitrogen and oxygen atoms in total. The molecule has 1 aromatic carbocycles. The van der Waals surface area contributed by atoms with Crippen molar-refractivity contribution in [1.29, 1.82) is 0 Å². The van der Waals surface area contributed by atoms with Crippen LogP contribution in [-0.4, -0.2) is 69.4 Å². The lowest BCUT2D eigenvalue weighted by atomic mass is 10.0. The molecule has 0 unspecified atom stereocenters. The lowest BCUT2D eigenvalue weighted by Gasteiger charge is -2.23. The second-order valence-electron chi connectivity index (χ2n) is 8.37. The number of alkyl carbamates (subject to hydrolysis) is 1. The zero-order chi connectivity index (χ0) is 23.4. The van der Waals surface area contributed by atoms with Crippen LogP contribution in [0.2, 0.25) is 0 Å². The summed E-state index contributed by atoms with van der Waals surface area (Å²) in [5.74, 6) is -0.0367. The highest BCUT2D eigenvalue weighted by Gasteiger charge is 2.15. The molecule has 0 atom stereocenters. The maximum absolute atomic E-state index is 11.5. The molecular formula is C23H36N4O5. The van der Waals surface area contributed by atoms with E-state index >= 15 is 0 Å². The Morgan fingerprint density at radius 1 is 1.09 bits per heavy atom. The summed E-state index contributed by atoms with van der Waals surface area (Å²) < 4.78 is 16.3. The first-order chi connectivity index (χ1) is 15.3. The van der Waals surface area contributed by atoms with Crippen molar-refractivity contribution in [2.75, 3.05) is 51.0 Å². The molecule has 0 aliphatic carbocycles. The third-order valence-electron chi connectivity index (χ3n) is 4.64. The predicted octanol–water partition coefficient (Wildman–Crippen LogP) is 2.68. The first kappa shape index (κ1) is 25.6. The topological polar surface area (TPSA) is 101 Å². The molecule has 0 bridgehead atoms. The molecule has 0 fully saturated rings. The van der Waals surface area contributed by atoms with E-state index in [1.807, 2.05) is 32.9 Å². The third kappa shape index (κ3) is 9.65. The Hall–Kier alpha value is -2.65. The van der Waals surface area contributed by atoms with Crippen molar-refractivity contribution in [2.24, 2.45) is 5.10 Å².